The summed E-state index contributed by atoms with van der Waals surface area (Å²) in [5.41, 5.74) is 6.57. The highest BCUT2D eigenvalue weighted by atomic mass is 79.9. The van der Waals surface area contributed by atoms with Gasteiger partial charge in [-0.05, 0) is 31.0 Å². The Morgan fingerprint density at radius 2 is 2.06 bits per heavy atom. The van der Waals surface area contributed by atoms with E-state index in [2.05, 4.69) is 29.8 Å². The summed E-state index contributed by atoms with van der Waals surface area (Å²) in [4.78, 5) is 0. The second kappa shape index (κ2) is 7.12. The fourth-order valence-corrected chi connectivity index (χ4v) is 2.48. The first-order valence-electron chi connectivity index (χ1n) is 6.21. The molecule has 1 rings (SSSR count). The van der Waals surface area contributed by atoms with Crippen molar-refractivity contribution >= 4 is 15.9 Å². The molecule has 0 aliphatic carbocycles. The zero-order chi connectivity index (χ0) is 13.7. The molecule has 0 aliphatic rings. The summed E-state index contributed by atoms with van der Waals surface area (Å²) in [6.45, 7) is 4.74. The Morgan fingerprint density at radius 1 is 1.39 bits per heavy atom. The standard InChI is InChI=1S/C14H22BrNO2/c1-9(2)6-10(8-16)14(17)12-5-4-11(15)7-13(12)18-3/h4-5,7,9-10,14,17H,6,8,16H2,1-3H3. The van der Waals surface area contributed by atoms with E-state index in [1.165, 1.54) is 0 Å². The van der Waals surface area contributed by atoms with Crippen LogP contribution >= 0.6 is 15.9 Å². The molecule has 4 heteroatoms. The van der Waals surface area contributed by atoms with Crippen LogP contribution in [-0.4, -0.2) is 18.8 Å². The van der Waals surface area contributed by atoms with Gasteiger partial charge in [0.15, 0.2) is 0 Å². The zero-order valence-electron chi connectivity index (χ0n) is 11.2. The van der Waals surface area contributed by atoms with Crippen LogP contribution in [0.15, 0.2) is 22.7 Å². The molecule has 1 aromatic rings. The van der Waals surface area contributed by atoms with Gasteiger partial charge >= 0.3 is 0 Å². The van der Waals surface area contributed by atoms with Gasteiger partial charge in [-0.25, -0.2) is 0 Å². The molecule has 0 radical (unpaired) electrons. The topological polar surface area (TPSA) is 55.5 Å². The number of benzene rings is 1. The van der Waals surface area contributed by atoms with Gasteiger partial charge in [-0.2, -0.15) is 0 Å². The number of ether oxygens (including phenoxy) is 1. The molecule has 0 amide bonds. The molecule has 0 heterocycles. The van der Waals surface area contributed by atoms with Crippen LogP contribution in [0, 0.1) is 11.8 Å². The first kappa shape index (κ1) is 15.5. The van der Waals surface area contributed by atoms with Gasteiger partial charge in [0.05, 0.1) is 13.2 Å². The van der Waals surface area contributed by atoms with Crippen LogP contribution < -0.4 is 10.5 Å². The SMILES string of the molecule is COc1cc(Br)ccc1C(O)C(CN)CC(C)C. The maximum absolute atomic E-state index is 10.5. The first-order valence-corrected chi connectivity index (χ1v) is 7.00. The Bertz CT molecular complexity index is 382. The van der Waals surface area contributed by atoms with E-state index < -0.39 is 6.10 Å². The number of halogens is 1. The molecule has 18 heavy (non-hydrogen) atoms. The van der Waals surface area contributed by atoms with Gasteiger partial charge in [0.25, 0.3) is 0 Å². The third-order valence-corrected chi connectivity index (χ3v) is 3.53. The minimum atomic E-state index is -0.583. The lowest BCUT2D eigenvalue weighted by atomic mass is 9.88. The minimum absolute atomic E-state index is 0.0556. The van der Waals surface area contributed by atoms with Crippen LogP contribution in [0.25, 0.3) is 0 Å². The molecule has 2 atom stereocenters. The number of nitrogens with two attached hydrogens (primary N) is 1. The number of hydrogen-bond acceptors (Lipinski definition) is 3. The van der Waals surface area contributed by atoms with Crippen molar-refractivity contribution in [2.75, 3.05) is 13.7 Å². The lowest BCUT2D eigenvalue weighted by Crippen LogP contribution is -2.24. The van der Waals surface area contributed by atoms with E-state index in [9.17, 15) is 5.11 Å². The maximum atomic E-state index is 10.5. The molecule has 0 spiro atoms. The summed E-state index contributed by atoms with van der Waals surface area (Å²) >= 11 is 3.39. The highest BCUT2D eigenvalue weighted by molar-refractivity contribution is 9.10. The minimum Gasteiger partial charge on any atom is -0.496 e. The molecule has 0 aliphatic heterocycles. The Morgan fingerprint density at radius 3 is 2.56 bits per heavy atom. The summed E-state index contributed by atoms with van der Waals surface area (Å²) in [7, 11) is 1.61. The third-order valence-electron chi connectivity index (χ3n) is 3.04. The van der Waals surface area contributed by atoms with Gasteiger partial charge < -0.3 is 15.6 Å². The van der Waals surface area contributed by atoms with Crippen LogP contribution in [-0.2, 0) is 0 Å². The quantitative estimate of drug-likeness (QED) is 0.848. The molecule has 3 N–H and O–H groups in total. The molecule has 0 saturated heterocycles. The largest absolute Gasteiger partial charge is 0.496 e. The molecule has 0 aromatic heterocycles. The monoisotopic (exact) mass is 315 g/mol. The average Bonchev–Trinajstić information content (AvgIpc) is 2.34. The molecule has 2 unspecified atom stereocenters. The van der Waals surface area contributed by atoms with Crippen molar-refractivity contribution in [1.82, 2.24) is 0 Å². The normalized spacial score (nSPS) is 14.6. The van der Waals surface area contributed by atoms with Crippen LogP contribution in [0.1, 0.15) is 31.9 Å². The van der Waals surface area contributed by atoms with Gasteiger partial charge in [0, 0.05) is 16.0 Å². The van der Waals surface area contributed by atoms with E-state index in [-0.39, 0.29) is 5.92 Å². The predicted octanol–water partition coefficient (Wildman–Crippen LogP) is 3.11. The van der Waals surface area contributed by atoms with Crippen molar-refractivity contribution in [3.05, 3.63) is 28.2 Å². The Labute approximate surface area is 117 Å². The van der Waals surface area contributed by atoms with Crippen molar-refractivity contribution in [2.24, 2.45) is 17.6 Å². The van der Waals surface area contributed by atoms with E-state index in [1.807, 2.05) is 18.2 Å². The van der Waals surface area contributed by atoms with Crippen LogP contribution in [0.4, 0.5) is 0 Å². The van der Waals surface area contributed by atoms with Crippen molar-refractivity contribution in [1.29, 1.82) is 0 Å². The highest BCUT2D eigenvalue weighted by Crippen LogP contribution is 2.34. The van der Waals surface area contributed by atoms with E-state index in [4.69, 9.17) is 10.5 Å². The molecular weight excluding hydrogens is 294 g/mol. The maximum Gasteiger partial charge on any atom is 0.125 e. The van der Waals surface area contributed by atoms with E-state index in [0.29, 0.717) is 18.2 Å². The molecule has 1 aromatic carbocycles. The Kier molecular flexibility index (Phi) is 6.12. The second-order valence-corrected chi connectivity index (χ2v) is 5.87. The summed E-state index contributed by atoms with van der Waals surface area (Å²) in [5.74, 6) is 1.26. The number of rotatable bonds is 6. The molecule has 0 saturated carbocycles. The van der Waals surface area contributed by atoms with Crippen molar-refractivity contribution in [3.8, 4) is 5.75 Å². The third kappa shape index (κ3) is 3.97. The van der Waals surface area contributed by atoms with E-state index in [0.717, 1.165) is 16.5 Å². The highest BCUT2D eigenvalue weighted by Gasteiger charge is 2.23. The van der Waals surface area contributed by atoms with Crippen LogP contribution in [0.3, 0.4) is 0 Å². The number of methoxy groups -OCH3 is 1. The Balaban J connectivity index is 2.97. The number of aliphatic hydroxyl groups excluding tert-OH is 1. The van der Waals surface area contributed by atoms with E-state index >= 15 is 0 Å². The zero-order valence-corrected chi connectivity index (χ0v) is 12.8. The molecule has 3 nitrogen and oxygen atoms in total. The average molecular weight is 316 g/mol. The van der Waals surface area contributed by atoms with Gasteiger partial charge in [-0.1, -0.05) is 35.8 Å². The van der Waals surface area contributed by atoms with Crippen LogP contribution in [0.5, 0.6) is 5.75 Å². The Hall–Kier alpha value is -0.580. The summed E-state index contributed by atoms with van der Waals surface area (Å²) in [6.07, 6.45) is 0.317. The molecule has 102 valence electrons. The molecular formula is C14H22BrNO2. The number of hydrogen-bond donors (Lipinski definition) is 2. The van der Waals surface area contributed by atoms with Crippen molar-refractivity contribution in [2.45, 2.75) is 26.4 Å². The summed E-state index contributed by atoms with van der Waals surface area (Å²) < 4.78 is 6.25. The van der Waals surface area contributed by atoms with Gasteiger partial charge in [-0.15, -0.1) is 0 Å². The first-order chi connectivity index (χ1) is 8.49. The van der Waals surface area contributed by atoms with Gasteiger partial charge in [0.1, 0.15) is 5.75 Å². The lowest BCUT2D eigenvalue weighted by molar-refractivity contribution is 0.0968. The summed E-state index contributed by atoms with van der Waals surface area (Å²) in [6, 6.07) is 5.65. The predicted molar refractivity (Wildman–Crippen MR) is 77.7 cm³/mol. The smallest absolute Gasteiger partial charge is 0.125 e. The lowest BCUT2D eigenvalue weighted by Gasteiger charge is -2.24. The molecule has 0 fully saturated rings. The van der Waals surface area contributed by atoms with E-state index in [1.54, 1.807) is 7.11 Å². The van der Waals surface area contributed by atoms with Crippen molar-refractivity contribution in [3.63, 3.8) is 0 Å². The fourth-order valence-electron chi connectivity index (χ4n) is 2.14. The van der Waals surface area contributed by atoms with Gasteiger partial charge in [-0.3, -0.25) is 0 Å². The fraction of sp³-hybridized carbons (Fsp3) is 0.571. The van der Waals surface area contributed by atoms with Crippen LogP contribution in [0.2, 0.25) is 0 Å². The van der Waals surface area contributed by atoms with Gasteiger partial charge in [0.2, 0.25) is 0 Å². The molecule has 0 bridgehead atoms. The van der Waals surface area contributed by atoms with Crippen molar-refractivity contribution < 1.29 is 9.84 Å². The second-order valence-electron chi connectivity index (χ2n) is 4.96. The number of aliphatic hydroxyl groups is 1. The summed E-state index contributed by atoms with van der Waals surface area (Å²) in [5, 5.41) is 10.5.